The van der Waals surface area contributed by atoms with Gasteiger partial charge in [0.2, 0.25) is 5.36 Å². The van der Waals surface area contributed by atoms with Crippen molar-refractivity contribution in [1.82, 2.24) is 4.58 Å². The fourth-order valence-corrected chi connectivity index (χ4v) is 8.60. The van der Waals surface area contributed by atoms with Crippen LogP contribution < -0.4 is 73.9 Å². The van der Waals surface area contributed by atoms with Gasteiger partial charge in [-0.3, -0.25) is 4.79 Å². The van der Waals surface area contributed by atoms with Crippen molar-refractivity contribution in [1.29, 1.82) is 0 Å². The van der Waals surface area contributed by atoms with E-state index in [-0.39, 0.29) is 103 Å². The van der Waals surface area contributed by atoms with E-state index in [4.69, 9.17) is 9.15 Å². The summed E-state index contributed by atoms with van der Waals surface area (Å²) >= 11 is 0. The van der Waals surface area contributed by atoms with Crippen molar-refractivity contribution in [2.75, 3.05) is 49.8 Å². The van der Waals surface area contributed by atoms with Crippen molar-refractivity contribution in [2.24, 2.45) is 0 Å². The molecular formula is C40H50N2Na2O13S3. The molecule has 0 saturated carbocycles. The molecule has 3 aliphatic rings. The van der Waals surface area contributed by atoms with Gasteiger partial charge in [0.25, 0.3) is 0 Å². The maximum Gasteiger partial charge on any atom is 1.00 e. The number of methoxy groups -OCH3 is 1. The summed E-state index contributed by atoms with van der Waals surface area (Å²) < 4.78 is 118. The van der Waals surface area contributed by atoms with Crippen LogP contribution in [0.3, 0.4) is 0 Å². The molecule has 0 fully saturated rings. The Labute approximate surface area is 397 Å². The van der Waals surface area contributed by atoms with E-state index in [9.17, 15) is 48.8 Å². The number of allylic oxidation sites excluding steroid dienone is 5. The predicted molar refractivity (Wildman–Crippen MR) is 216 cm³/mol. The molecule has 0 bridgehead atoms. The molecule has 0 saturated heterocycles. The van der Waals surface area contributed by atoms with E-state index in [1.807, 2.05) is 28.8 Å². The number of carbonyl (C=O) groups is 1. The Hall–Kier alpha value is -2.17. The first-order valence-corrected chi connectivity index (χ1v) is 23.2. The molecule has 20 heteroatoms. The number of anilines is 1. The number of hydrogen-bond donors (Lipinski definition) is 1. The molecule has 0 radical (unpaired) electrons. The van der Waals surface area contributed by atoms with E-state index in [1.165, 1.54) is 18.2 Å². The van der Waals surface area contributed by atoms with Crippen LogP contribution in [0.1, 0.15) is 76.7 Å². The smallest absolute Gasteiger partial charge is 0.748 e. The van der Waals surface area contributed by atoms with Crippen LogP contribution in [0.5, 0.6) is 0 Å². The average molecular weight is 909 g/mol. The molecule has 1 atom stereocenters. The molecule has 60 heavy (non-hydrogen) atoms. The first-order chi connectivity index (χ1) is 26.9. The minimum absolute atomic E-state index is 0. The van der Waals surface area contributed by atoms with Gasteiger partial charge in [0.1, 0.15) is 34.8 Å². The first-order valence-electron chi connectivity index (χ1n) is 18.6. The molecule has 1 aromatic rings. The summed E-state index contributed by atoms with van der Waals surface area (Å²) in [6.45, 7) is 9.21. The fraction of sp³-hybridized carbons (Fsp3) is 0.450. The van der Waals surface area contributed by atoms with Gasteiger partial charge in [-0.1, -0.05) is 39.0 Å². The number of carboxylic acids is 1. The third-order valence-electron chi connectivity index (χ3n) is 9.91. The van der Waals surface area contributed by atoms with Gasteiger partial charge >= 0.3 is 65.1 Å². The van der Waals surface area contributed by atoms with E-state index in [2.05, 4.69) is 20.8 Å². The summed E-state index contributed by atoms with van der Waals surface area (Å²) in [5.41, 5.74) is 2.14. The predicted octanol–water partition coefficient (Wildman–Crippen LogP) is -1.63. The molecule has 0 spiro atoms. The number of hydrogen-bond acceptors (Lipinski definition) is 13. The minimum Gasteiger partial charge on any atom is -0.748 e. The SMILES string of the molecule is COCC[N+](CCCS(=O)(=O)[O-])=c1ccc2c(C(C)(C)C)cc(/C=C/C=C/C=C3/N(CCCS(=O)(=O)[O-])c4ccc(S(=O)(=O)[O-])cc4C3(C)CCCC(=O)O)oc-2c1.[Na+].[Na+]. The molecule has 1 unspecified atom stereocenters. The number of aliphatic carboxylic acids is 1. The molecule has 2 heterocycles. The van der Waals surface area contributed by atoms with E-state index in [1.54, 1.807) is 49.3 Å². The second-order valence-corrected chi connectivity index (χ2v) is 19.8. The normalized spacial score (nSPS) is 17.3. The van der Waals surface area contributed by atoms with Gasteiger partial charge in [0.05, 0.1) is 31.2 Å². The number of carboxylic acid groups (broad SMARTS) is 1. The summed E-state index contributed by atoms with van der Waals surface area (Å²) in [5.74, 6) is -1.06. The molecule has 1 aromatic carbocycles. The second kappa shape index (κ2) is 22.4. The molecule has 1 aliphatic carbocycles. The topological polar surface area (TPSA) is 238 Å². The summed E-state index contributed by atoms with van der Waals surface area (Å²) in [5, 5.41) is 10.1. The van der Waals surface area contributed by atoms with E-state index < -0.39 is 58.1 Å². The molecular weight excluding hydrogens is 859 g/mol. The van der Waals surface area contributed by atoms with Crippen LogP contribution >= 0.6 is 0 Å². The average Bonchev–Trinajstić information content (AvgIpc) is 3.33. The largest absolute Gasteiger partial charge is 1.00 e. The summed E-state index contributed by atoms with van der Waals surface area (Å²) in [7, 11) is -12.2. The Morgan fingerprint density at radius 3 is 2.17 bits per heavy atom. The van der Waals surface area contributed by atoms with Gasteiger partial charge in [0.15, 0.2) is 6.54 Å². The van der Waals surface area contributed by atoms with Crippen molar-refractivity contribution in [3.8, 4) is 11.3 Å². The monoisotopic (exact) mass is 908 g/mol. The third-order valence-corrected chi connectivity index (χ3v) is 12.3. The van der Waals surface area contributed by atoms with E-state index in [0.29, 0.717) is 48.2 Å². The van der Waals surface area contributed by atoms with Crippen molar-refractivity contribution in [3.05, 3.63) is 94.7 Å². The number of benzene rings is 2. The number of nitrogens with zero attached hydrogens (tertiary/aromatic N) is 2. The van der Waals surface area contributed by atoms with Crippen molar-refractivity contribution < 1.29 is 117 Å². The summed E-state index contributed by atoms with van der Waals surface area (Å²) in [6.07, 6.45) is 9.06. The minimum atomic E-state index is -4.85. The Morgan fingerprint density at radius 1 is 0.900 bits per heavy atom. The molecule has 318 valence electrons. The van der Waals surface area contributed by atoms with Crippen molar-refractivity contribution in [3.63, 3.8) is 0 Å². The number of ether oxygens (including phenoxy) is 1. The van der Waals surface area contributed by atoms with Gasteiger partial charge in [-0.25, -0.2) is 29.8 Å². The standard InChI is InChI=1S/C40H52N2O13S3.2Na/c1-39(2,3)33-27-30(55-36-26-29(15-17-32(33)36)41(22-23-54-5)20-10-24-56(45,46)47)12-7-6-8-13-37-40(4,19-9-14-38(43)44)34-28-31(58(51,52)53)16-18-35(34)42(37)21-11-25-57(48,49)50;;/h6-8,12-13,15-18,26-28H,9-11,14,19-25H2,1-5H3,(H3-,43,44,45,46,47,48,49,50,51,52,53);;/q;2*+1/p-2. The van der Waals surface area contributed by atoms with Crippen LogP contribution in [-0.2, 0) is 50.7 Å². The Bertz CT molecular complexity index is 2460. The zero-order valence-corrected chi connectivity index (χ0v) is 41.6. The molecule has 0 aromatic heterocycles. The van der Waals surface area contributed by atoms with Crippen LogP contribution in [0.4, 0.5) is 5.69 Å². The van der Waals surface area contributed by atoms with Crippen LogP contribution in [0.2, 0.25) is 0 Å². The van der Waals surface area contributed by atoms with E-state index in [0.717, 1.165) is 16.5 Å². The molecule has 2 aliphatic heterocycles. The number of rotatable bonds is 19. The van der Waals surface area contributed by atoms with Gasteiger partial charge in [0, 0.05) is 66.4 Å². The summed E-state index contributed by atoms with van der Waals surface area (Å²) in [4.78, 5) is 12.8. The molecule has 15 nitrogen and oxygen atoms in total. The number of fused-ring (bicyclic) bond motifs is 2. The zero-order chi connectivity index (χ0) is 43.1. The maximum atomic E-state index is 12.0. The summed E-state index contributed by atoms with van der Waals surface area (Å²) in [6, 6.07) is 11.6. The second-order valence-electron chi connectivity index (χ2n) is 15.4. The Morgan fingerprint density at radius 2 is 1.57 bits per heavy atom. The molecule has 1 N–H and O–H groups in total. The molecule has 0 amide bonds. The van der Waals surface area contributed by atoms with Gasteiger partial charge < -0.3 is 32.8 Å². The van der Waals surface area contributed by atoms with Gasteiger partial charge in [-0.05, 0) is 85.2 Å². The van der Waals surface area contributed by atoms with Crippen LogP contribution in [0.25, 0.3) is 17.4 Å². The Kier molecular flexibility index (Phi) is 20.2. The maximum absolute atomic E-state index is 12.0. The van der Waals surface area contributed by atoms with Crippen LogP contribution in [0, 0.1) is 0 Å². The quantitative estimate of drug-likeness (QED) is 0.0616. The zero-order valence-electron chi connectivity index (χ0n) is 35.2. The van der Waals surface area contributed by atoms with Crippen molar-refractivity contribution >= 4 is 48.1 Å². The first kappa shape index (κ1) is 54.0. The van der Waals surface area contributed by atoms with Crippen LogP contribution in [-0.4, -0.2) is 94.8 Å². The van der Waals surface area contributed by atoms with Gasteiger partial charge in [-0.15, -0.1) is 0 Å². The van der Waals surface area contributed by atoms with Crippen LogP contribution in [0.15, 0.2) is 81.8 Å². The van der Waals surface area contributed by atoms with E-state index >= 15 is 0 Å². The fourth-order valence-electron chi connectivity index (χ4n) is 7.14. The van der Waals surface area contributed by atoms with Crippen molar-refractivity contribution in [2.45, 2.75) is 75.5 Å². The molecule has 4 rings (SSSR count). The third kappa shape index (κ3) is 15.3. The van der Waals surface area contributed by atoms with Gasteiger partial charge in [-0.2, -0.15) is 0 Å². The Balaban J connectivity index is 0.00000620.